The van der Waals surface area contributed by atoms with Gasteiger partial charge in [-0.15, -0.1) is 0 Å². The van der Waals surface area contributed by atoms with Crippen molar-refractivity contribution < 1.29 is 18.0 Å². The van der Waals surface area contributed by atoms with Crippen LogP contribution in [0.25, 0.3) is 10.9 Å². The lowest BCUT2D eigenvalue weighted by Crippen LogP contribution is -2.32. The quantitative estimate of drug-likeness (QED) is 0.619. The van der Waals surface area contributed by atoms with Gasteiger partial charge in [0.25, 0.3) is 0 Å². The zero-order chi connectivity index (χ0) is 21.9. The van der Waals surface area contributed by atoms with E-state index in [0.29, 0.717) is 18.7 Å². The van der Waals surface area contributed by atoms with E-state index in [1.807, 2.05) is 61.1 Å². The molecule has 0 aliphatic rings. The Balaban J connectivity index is 2.05. The Morgan fingerprint density at radius 2 is 1.73 bits per heavy atom. The average Bonchev–Trinajstić information content (AvgIpc) is 3.02. The molecular weight excluding hydrogens is 391 g/mol. The normalized spacial score (nSPS) is 13.0. The van der Waals surface area contributed by atoms with Crippen LogP contribution in [0.5, 0.6) is 0 Å². The summed E-state index contributed by atoms with van der Waals surface area (Å²) < 4.78 is 43.2. The van der Waals surface area contributed by atoms with Crippen LogP contribution in [0, 0.1) is 0 Å². The number of benzene rings is 2. The van der Waals surface area contributed by atoms with E-state index in [9.17, 15) is 18.0 Å². The van der Waals surface area contributed by atoms with Crippen molar-refractivity contribution in [2.45, 2.75) is 18.5 Å². The second-order valence-electron chi connectivity index (χ2n) is 7.71. The molecule has 0 radical (unpaired) electrons. The first-order valence-electron chi connectivity index (χ1n) is 9.80. The maximum absolute atomic E-state index is 13.8. The van der Waals surface area contributed by atoms with Crippen molar-refractivity contribution >= 4 is 16.8 Å². The summed E-state index contributed by atoms with van der Waals surface area (Å²) in [5.41, 5.74) is 1.04. The lowest BCUT2D eigenvalue weighted by molar-refractivity contribution is -0.138. The molecule has 0 aliphatic heterocycles. The number of rotatable bonds is 7. The van der Waals surface area contributed by atoms with Crippen LogP contribution >= 0.6 is 0 Å². The van der Waals surface area contributed by atoms with Crippen molar-refractivity contribution in [3.63, 3.8) is 0 Å². The molecule has 0 saturated carbocycles. The molecule has 1 N–H and O–H groups in total. The highest BCUT2D eigenvalue weighted by atomic mass is 19.4. The number of aryl methyl sites for hydroxylation is 1. The molecule has 1 atom stereocenters. The molecule has 7 heteroatoms. The monoisotopic (exact) mass is 417 g/mol. The van der Waals surface area contributed by atoms with Crippen LogP contribution < -0.4 is 5.32 Å². The lowest BCUT2D eigenvalue weighted by atomic mass is 9.85. The van der Waals surface area contributed by atoms with Crippen molar-refractivity contribution in [3.8, 4) is 0 Å². The molecule has 0 bridgehead atoms. The van der Waals surface area contributed by atoms with E-state index >= 15 is 0 Å². The van der Waals surface area contributed by atoms with Crippen molar-refractivity contribution in [3.05, 3.63) is 71.4 Å². The van der Waals surface area contributed by atoms with Crippen LogP contribution in [0.15, 0.2) is 54.7 Å². The molecule has 0 spiro atoms. The fourth-order valence-corrected chi connectivity index (χ4v) is 3.77. The molecule has 0 fully saturated rings. The molecule has 1 heterocycles. The average molecular weight is 417 g/mol. The Labute approximate surface area is 174 Å². The maximum Gasteiger partial charge on any atom is 0.416 e. The van der Waals surface area contributed by atoms with Crippen LogP contribution in [-0.4, -0.2) is 42.6 Å². The number of aromatic nitrogens is 1. The van der Waals surface area contributed by atoms with Gasteiger partial charge in [-0.25, -0.2) is 0 Å². The topological polar surface area (TPSA) is 37.3 Å². The van der Waals surface area contributed by atoms with Gasteiger partial charge in [-0.05, 0) is 37.4 Å². The van der Waals surface area contributed by atoms with E-state index in [1.54, 1.807) is 6.07 Å². The van der Waals surface area contributed by atoms with Gasteiger partial charge < -0.3 is 14.8 Å². The second-order valence-corrected chi connectivity index (χ2v) is 7.71. The molecule has 3 aromatic rings. The smallest absolute Gasteiger partial charge is 0.355 e. The summed E-state index contributed by atoms with van der Waals surface area (Å²) in [4.78, 5) is 14.6. The number of alkyl halides is 3. The summed E-state index contributed by atoms with van der Waals surface area (Å²) in [5, 5.41) is 3.68. The number of nitrogens with zero attached hydrogens (tertiary/aromatic N) is 2. The lowest BCUT2D eigenvalue weighted by Gasteiger charge is -2.22. The number of likely N-dealkylation sites (N-methyl/N-ethyl adjacent to an activating group) is 1. The van der Waals surface area contributed by atoms with Crippen molar-refractivity contribution in [2.75, 3.05) is 27.2 Å². The number of carbonyl (C=O) groups is 1. The molecule has 1 amide bonds. The number of hydrogen-bond acceptors (Lipinski definition) is 2. The fraction of sp³-hybridized carbons (Fsp3) is 0.348. The van der Waals surface area contributed by atoms with Crippen molar-refractivity contribution in [1.29, 1.82) is 0 Å². The summed E-state index contributed by atoms with van der Waals surface area (Å²) in [5.74, 6) is -0.986. The third-order valence-electron chi connectivity index (χ3n) is 5.22. The molecule has 4 nitrogen and oxygen atoms in total. The Bertz CT molecular complexity index is 1020. The van der Waals surface area contributed by atoms with E-state index in [2.05, 4.69) is 5.32 Å². The molecule has 1 unspecified atom stereocenters. The van der Waals surface area contributed by atoms with Gasteiger partial charge >= 0.3 is 6.18 Å². The number of halogens is 3. The molecule has 30 heavy (non-hydrogen) atoms. The van der Waals surface area contributed by atoms with Gasteiger partial charge in [0.05, 0.1) is 5.56 Å². The van der Waals surface area contributed by atoms with E-state index < -0.39 is 17.7 Å². The van der Waals surface area contributed by atoms with Crippen molar-refractivity contribution in [1.82, 2.24) is 14.8 Å². The Kier molecular flexibility index (Phi) is 6.51. The second kappa shape index (κ2) is 8.92. The Hall–Kier alpha value is -2.80. The minimum absolute atomic E-state index is 0.0610. The number of para-hydroxylation sites is 1. The fourth-order valence-electron chi connectivity index (χ4n) is 3.77. The predicted octanol–water partition coefficient (Wildman–Crippen LogP) is 4.40. The van der Waals surface area contributed by atoms with Gasteiger partial charge in [-0.2, -0.15) is 13.2 Å². The number of nitrogens with one attached hydrogen (secondary N) is 1. The van der Waals surface area contributed by atoms with Crippen LogP contribution in [0.4, 0.5) is 13.2 Å². The minimum Gasteiger partial charge on any atom is -0.355 e. The van der Waals surface area contributed by atoms with Crippen LogP contribution in [0.3, 0.4) is 0 Å². The SMILES string of the molecule is CN(C)CCNC(=O)CC(c1ccccc1C(F)(F)F)c1cn(C)c2ccccc12. The number of amides is 1. The van der Waals surface area contributed by atoms with Crippen LogP contribution in [0.2, 0.25) is 0 Å². The van der Waals surface area contributed by atoms with E-state index in [1.165, 1.54) is 12.1 Å². The number of hydrogen-bond donors (Lipinski definition) is 1. The zero-order valence-electron chi connectivity index (χ0n) is 17.3. The third-order valence-corrected chi connectivity index (χ3v) is 5.22. The zero-order valence-corrected chi connectivity index (χ0v) is 17.3. The highest BCUT2D eigenvalue weighted by molar-refractivity contribution is 5.86. The molecule has 3 rings (SSSR count). The first-order valence-corrected chi connectivity index (χ1v) is 9.80. The minimum atomic E-state index is -4.50. The summed E-state index contributed by atoms with van der Waals surface area (Å²) in [6, 6.07) is 13.1. The first kappa shape index (κ1) is 21.9. The molecular formula is C23H26F3N3O. The number of carbonyl (C=O) groups excluding carboxylic acids is 1. The van der Waals surface area contributed by atoms with Gasteiger partial charge in [0, 0.05) is 49.6 Å². The maximum atomic E-state index is 13.8. The summed E-state index contributed by atoms with van der Waals surface area (Å²) in [6.07, 6.45) is -2.73. The predicted molar refractivity (Wildman–Crippen MR) is 112 cm³/mol. The summed E-state index contributed by atoms with van der Waals surface area (Å²) in [6.45, 7) is 1.10. The molecule has 160 valence electrons. The van der Waals surface area contributed by atoms with E-state index in [4.69, 9.17) is 0 Å². The van der Waals surface area contributed by atoms with Gasteiger partial charge in [-0.1, -0.05) is 36.4 Å². The van der Waals surface area contributed by atoms with Gasteiger partial charge in [-0.3, -0.25) is 4.79 Å². The summed E-state index contributed by atoms with van der Waals surface area (Å²) in [7, 11) is 5.64. The largest absolute Gasteiger partial charge is 0.416 e. The summed E-state index contributed by atoms with van der Waals surface area (Å²) >= 11 is 0. The first-order chi connectivity index (χ1) is 14.2. The Morgan fingerprint density at radius 1 is 1.07 bits per heavy atom. The highest BCUT2D eigenvalue weighted by Crippen LogP contribution is 2.41. The van der Waals surface area contributed by atoms with Gasteiger partial charge in [0.15, 0.2) is 0 Å². The van der Waals surface area contributed by atoms with Crippen LogP contribution in [-0.2, 0) is 18.0 Å². The standard InChI is InChI=1S/C23H26F3N3O/c1-28(2)13-12-27-22(30)14-18(16-8-4-6-10-20(16)23(24,25)26)19-15-29(3)21-11-7-5-9-17(19)21/h4-11,15,18H,12-14H2,1-3H3,(H,27,30). The van der Waals surface area contributed by atoms with Gasteiger partial charge in [0.1, 0.15) is 0 Å². The molecule has 0 aliphatic carbocycles. The molecule has 0 saturated heterocycles. The van der Waals surface area contributed by atoms with Crippen molar-refractivity contribution in [2.24, 2.45) is 7.05 Å². The Morgan fingerprint density at radius 3 is 2.43 bits per heavy atom. The number of fused-ring (bicyclic) bond motifs is 1. The van der Waals surface area contributed by atoms with Gasteiger partial charge in [0.2, 0.25) is 5.91 Å². The highest BCUT2D eigenvalue weighted by Gasteiger charge is 2.36. The third kappa shape index (κ3) is 4.84. The molecule has 2 aromatic carbocycles. The van der Waals surface area contributed by atoms with Crippen LogP contribution in [0.1, 0.15) is 29.0 Å². The van der Waals surface area contributed by atoms with E-state index in [0.717, 1.165) is 17.0 Å². The van der Waals surface area contributed by atoms with E-state index in [-0.39, 0.29) is 17.9 Å². The molecule has 1 aromatic heterocycles.